The van der Waals surface area contributed by atoms with E-state index in [1.54, 1.807) is 0 Å². The van der Waals surface area contributed by atoms with E-state index in [0.29, 0.717) is 0 Å². The third kappa shape index (κ3) is 3.44. The number of ether oxygens (including phenoxy) is 1. The van der Waals surface area contributed by atoms with Gasteiger partial charge in [-0.25, -0.2) is 8.42 Å². The molecule has 5 nitrogen and oxygen atoms in total. The van der Waals surface area contributed by atoms with E-state index in [0.717, 1.165) is 25.3 Å². The molecular weight excluding hydrogens is 337 g/mol. The van der Waals surface area contributed by atoms with Crippen LogP contribution in [0.25, 0.3) is 0 Å². The summed E-state index contributed by atoms with van der Waals surface area (Å²) in [6.45, 7) is 1.94. The lowest BCUT2D eigenvalue weighted by Gasteiger charge is -2.39. The molecule has 0 aliphatic heterocycles. The van der Waals surface area contributed by atoms with E-state index < -0.39 is 15.0 Å². The zero-order valence-corrected chi connectivity index (χ0v) is 13.9. The fourth-order valence-corrected chi connectivity index (χ4v) is 3.61. The van der Waals surface area contributed by atoms with E-state index in [9.17, 15) is 13.2 Å². The number of halogens is 2. The molecule has 1 N–H and O–H groups in total. The standard InChI is InChI=1S/C13H15Cl2NO4S/c1-13(4-3-5-13)16-12(17)9-6-8(14)7-10(11(9)20-2)21(15,18)19/h6-7H,3-5H2,1-2H3,(H,16,17). The molecular formula is C13H15Cl2NO4S. The highest BCUT2D eigenvalue weighted by Crippen LogP contribution is 2.36. The normalized spacial score (nSPS) is 17.0. The molecule has 8 heteroatoms. The van der Waals surface area contributed by atoms with Crippen LogP contribution >= 0.6 is 22.3 Å². The van der Waals surface area contributed by atoms with Gasteiger partial charge in [0.1, 0.15) is 4.90 Å². The summed E-state index contributed by atoms with van der Waals surface area (Å²) in [4.78, 5) is 12.1. The molecule has 0 radical (unpaired) electrons. The maximum Gasteiger partial charge on any atom is 0.265 e. The van der Waals surface area contributed by atoms with Crippen LogP contribution in [0.4, 0.5) is 0 Å². The average molecular weight is 352 g/mol. The number of nitrogens with one attached hydrogen (secondary N) is 1. The summed E-state index contributed by atoms with van der Waals surface area (Å²) in [5.41, 5.74) is -0.220. The van der Waals surface area contributed by atoms with Crippen LogP contribution in [-0.4, -0.2) is 27.0 Å². The van der Waals surface area contributed by atoms with Crippen molar-refractivity contribution in [2.24, 2.45) is 0 Å². The van der Waals surface area contributed by atoms with Crippen molar-refractivity contribution in [1.82, 2.24) is 5.32 Å². The summed E-state index contributed by atoms with van der Waals surface area (Å²) < 4.78 is 28.2. The van der Waals surface area contributed by atoms with Crippen molar-refractivity contribution in [3.8, 4) is 5.75 Å². The van der Waals surface area contributed by atoms with Gasteiger partial charge >= 0.3 is 0 Å². The highest BCUT2D eigenvalue weighted by Gasteiger charge is 2.35. The Hall–Kier alpha value is -0.980. The van der Waals surface area contributed by atoms with Gasteiger partial charge in [0.15, 0.2) is 5.75 Å². The number of carbonyl (C=O) groups excluding carboxylic acids is 1. The first-order chi connectivity index (χ1) is 9.66. The van der Waals surface area contributed by atoms with Crippen molar-refractivity contribution < 1.29 is 17.9 Å². The number of hydrogen-bond acceptors (Lipinski definition) is 4. The molecule has 0 heterocycles. The van der Waals surface area contributed by atoms with Crippen molar-refractivity contribution in [3.63, 3.8) is 0 Å². The minimum Gasteiger partial charge on any atom is -0.494 e. The first kappa shape index (κ1) is 16.4. The Balaban J connectivity index is 2.47. The lowest BCUT2D eigenvalue weighted by Crippen LogP contribution is -2.51. The number of rotatable bonds is 4. The molecule has 0 spiro atoms. The summed E-state index contributed by atoms with van der Waals surface area (Å²) >= 11 is 5.89. The monoisotopic (exact) mass is 351 g/mol. The quantitative estimate of drug-likeness (QED) is 0.846. The van der Waals surface area contributed by atoms with Gasteiger partial charge in [0.2, 0.25) is 0 Å². The van der Waals surface area contributed by atoms with Gasteiger partial charge in [-0.15, -0.1) is 0 Å². The van der Waals surface area contributed by atoms with Gasteiger partial charge in [-0.1, -0.05) is 11.6 Å². The van der Waals surface area contributed by atoms with Crippen molar-refractivity contribution in [3.05, 3.63) is 22.7 Å². The fourth-order valence-electron chi connectivity index (χ4n) is 2.30. The van der Waals surface area contributed by atoms with Crippen LogP contribution in [-0.2, 0) is 9.05 Å². The Kier molecular flexibility index (Phi) is 4.42. The van der Waals surface area contributed by atoms with Crippen LogP contribution in [0, 0.1) is 0 Å². The van der Waals surface area contributed by atoms with Gasteiger partial charge in [0.05, 0.1) is 12.7 Å². The SMILES string of the molecule is COc1c(C(=O)NC2(C)CCC2)cc(Cl)cc1S(=O)(=O)Cl. The lowest BCUT2D eigenvalue weighted by atomic mass is 9.78. The van der Waals surface area contributed by atoms with Gasteiger partial charge in [-0.05, 0) is 38.3 Å². The predicted octanol–water partition coefficient (Wildman–Crippen LogP) is 2.95. The molecule has 1 aliphatic rings. The molecule has 0 aromatic heterocycles. The van der Waals surface area contributed by atoms with Crippen LogP contribution in [0.2, 0.25) is 5.02 Å². The number of carbonyl (C=O) groups is 1. The summed E-state index contributed by atoms with van der Waals surface area (Å²) in [5, 5.41) is 2.97. The molecule has 2 rings (SSSR count). The van der Waals surface area contributed by atoms with E-state index in [2.05, 4.69) is 5.32 Å². The van der Waals surface area contributed by atoms with Gasteiger partial charge in [-0.3, -0.25) is 4.79 Å². The molecule has 0 atom stereocenters. The lowest BCUT2D eigenvalue weighted by molar-refractivity contribution is 0.0847. The van der Waals surface area contributed by atoms with E-state index in [1.807, 2.05) is 6.92 Å². The number of benzene rings is 1. The van der Waals surface area contributed by atoms with Crippen molar-refractivity contribution >= 4 is 37.2 Å². The van der Waals surface area contributed by atoms with Crippen LogP contribution in [0.5, 0.6) is 5.75 Å². The average Bonchev–Trinajstić information content (AvgIpc) is 2.34. The molecule has 1 aliphatic carbocycles. The Morgan fingerprint density at radius 2 is 2.00 bits per heavy atom. The second kappa shape index (κ2) is 5.66. The Labute approximate surface area is 133 Å². The third-order valence-corrected chi connectivity index (χ3v) is 5.15. The smallest absolute Gasteiger partial charge is 0.265 e. The molecule has 1 aromatic rings. The number of methoxy groups -OCH3 is 1. The Morgan fingerprint density at radius 3 is 2.43 bits per heavy atom. The molecule has 21 heavy (non-hydrogen) atoms. The van der Waals surface area contributed by atoms with Gasteiger partial charge in [0.25, 0.3) is 15.0 Å². The highest BCUT2D eigenvalue weighted by atomic mass is 35.7. The Morgan fingerprint density at radius 1 is 1.38 bits per heavy atom. The van der Waals surface area contributed by atoms with Crippen LogP contribution in [0.15, 0.2) is 17.0 Å². The molecule has 1 amide bonds. The minimum atomic E-state index is -4.08. The van der Waals surface area contributed by atoms with Crippen LogP contribution in [0.3, 0.4) is 0 Å². The molecule has 0 unspecified atom stereocenters. The Bertz CT molecular complexity index is 684. The third-order valence-electron chi connectivity index (χ3n) is 3.60. The minimum absolute atomic E-state index is 0.0531. The predicted molar refractivity (Wildman–Crippen MR) is 80.8 cm³/mol. The maximum absolute atomic E-state index is 12.4. The zero-order valence-electron chi connectivity index (χ0n) is 11.6. The van der Waals surface area contributed by atoms with Crippen LogP contribution < -0.4 is 10.1 Å². The largest absolute Gasteiger partial charge is 0.494 e. The second-order valence-electron chi connectivity index (χ2n) is 5.29. The highest BCUT2D eigenvalue weighted by molar-refractivity contribution is 8.13. The topological polar surface area (TPSA) is 72.5 Å². The van der Waals surface area contributed by atoms with E-state index in [-0.39, 0.29) is 26.8 Å². The van der Waals surface area contributed by atoms with Gasteiger partial charge in [-0.2, -0.15) is 0 Å². The van der Waals surface area contributed by atoms with E-state index in [4.69, 9.17) is 27.0 Å². The van der Waals surface area contributed by atoms with Gasteiger partial charge < -0.3 is 10.1 Å². The van der Waals surface area contributed by atoms with E-state index in [1.165, 1.54) is 13.2 Å². The van der Waals surface area contributed by atoms with Crippen molar-refractivity contribution in [2.75, 3.05) is 7.11 Å². The summed E-state index contributed by atoms with van der Waals surface area (Å²) in [5.74, 6) is -0.534. The fraction of sp³-hybridized carbons (Fsp3) is 0.462. The zero-order chi connectivity index (χ0) is 15.8. The van der Waals surface area contributed by atoms with Crippen LogP contribution in [0.1, 0.15) is 36.5 Å². The molecule has 0 saturated heterocycles. The van der Waals surface area contributed by atoms with Crippen molar-refractivity contribution in [2.45, 2.75) is 36.6 Å². The van der Waals surface area contributed by atoms with E-state index >= 15 is 0 Å². The molecule has 1 fully saturated rings. The summed E-state index contributed by atoms with van der Waals surface area (Å²) in [6, 6.07) is 2.52. The molecule has 1 saturated carbocycles. The summed E-state index contributed by atoms with van der Waals surface area (Å²) in [6.07, 6.45) is 2.80. The molecule has 1 aromatic carbocycles. The second-order valence-corrected chi connectivity index (χ2v) is 8.26. The number of hydrogen-bond donors (Lipinski definition) is 1. The first-order valence-corrected chi connectivity index (χ1v) is 9.00. The summed E-state index contributed by atoms with van der Waals surface area (Å²) in [7, 11) is 2.56. The van der Waals surface area contributed by atoms with Crippen molar-refractivity contribution in [1.29, 1.82) is 0 Å². The first-order valence-electron chi connectivity index (χ1n) is 6.31. The number of amides is 1. The van der Waals surface area contributed by atoms with Gasteiger partial charge in [0, 0.05) is 21.2 Å². The molecule has 0 bridgehead atoms. The molecule has 116 valence electrons. The maximum atomic E-state index is 12.4.